The summed E-state index contributed by atoms with van der Waals surface area (Å²) in [4.78, 5) is 5.03. The van der Waals surface area contributed by atoms with Gasteiger partial charge in [-0.1, -0.05) is 13.8 Å². The van der Waals surface area contributed by atoms with Crippen molar-refractivity contribution < 1.29 is 4.74 Å². The Morgan fingerprint density at radius 1 is 1.22 bits per heavy atom. The van der Waals surface area contributed by atoms with Gasteiger partial charge in [-0.05, 0) is 19.9 Å². The van der Waals surface area contributed by atoms with Crippen molar-refractivity contribution in [1.29, 1.82) is 0 Å². The van der Waals surface area contributed by atoms with E-state index < -0.39 is 0 Å². The lowest BCUT2D eigenvalue weighted by atomic mass is 10.0. The Morgan fingerprint density at radius 2 is 2.06 bits per heavy atom. The van der Waals surface area contributed by atoms with Gasteiger partial charge in [-0.25, -0.2) is 0 Å². The minimum Gasteiger partial charge on any atom is -0.374 e. The number of hydrogen-bond donors (Lipinski definition) is 1. The van der Waals surface area contributed by atoms with Crippen LogP contribution in [-0.4, -0.2) is 74.4 Å². The molecule has 0 aliphatic carbocycles. The second kappa shape index (κ2) is 6.85. The maximum Gasteiger partial charge on any atom is 0.0829 e. The zero-order chi connectivity index (χ0) is 13.0. The smallest absolute Gasteiger partial charge is 0.0829 e. The molecule has 0 radical (unpaired) electrons. The molecule has 4 heteroatoms. The standard InChI is InChI=1S/C14H29N3O/c1-4-12-9-17(13(5-2)8-15-12)11-14-10-16(3)6-7-18-14/h12-15H,4-11H2,1-3H3. The van der Waals surface area contributed by atoms with Crippen molar-refractivity contribution in [2.75, 3.05) is 46.4 Å². The third kappa shape index (κ3) is 3.67. The molecule has 2 saturated heterocycles. The van der Waals surface area contributed by atoms with Gasteiger partial charge in [-0.2, -0.15) is 0 Å². The first-order valence-electron chi connectivity index (χ1n) is 7.50. The van der Waals surface area contributed by atoms with Gasteiger partial charge in [-0.15, -0.1) is 0 Å². The van der Waals surface area contributed by atoms with Crippen LogP contribution in [0.1, 0.15) is 26.7 Å². The van der Waals surface area contributed by atoms with Gasteiger partial charge in [0, 0.05) is 44.8 Å². The van der Waals surface area contributed by atoms with Gasteiger partial charge in [0.25, 0.3) is 0 Å². The van der Waals surface area contributed by atoms with Crippen molar-refractivity contribution in [2.24, 2.45) is 0 Å². The summed E-state index contributed by atoms with van der Waals surface area (Å²) in [5.41, 5.74) is 0. The van der Waals surface area contributed by atoms with Gasteiger partial charge in [0.15, 0.2) is 0 Å². The Morgan fingerprint density at radius 3 is 2.72 bits per heavy atom. The average molecular weight is 255 g/mol. The summed E-state index contributed by atoms with van der Waals surface area (Å²) in [6, 6.07) is 1.35. The number of nitrogens with zero attached hydrogens (tertiary/aromatic N) is 2. The van der Waals surface area contributed by atoms with Crippen molar-refractivity contribution in [1.82, 2.24) is 15.1 Å². The zero-order valence-electron chi connectivity index (χ0n) is 12.2. The van der Waals surface area contributed by atoms with Crippen molar-refractivity contribution >= 4 is 0 Å². The highest BCUT2D eigenvalue weighted by Gasteiger charge is 2.29. The molecule has 2 fully saturated rings. The van der Waals surface area contributed by atoms with Gasteiger partial charge in [0.1, 0.15) is 0 Å². The molecule has 3 atom stereocenters. The molecule has 106 valence electrons. The molecule has 2 aliphatic heterocycles. The summed E-state index contributed by atoms with van der Waals surface area (Å²) >= 11 is 0. The fraction of sp³-hybridized carbons (Fsp3) is 1.00. The third-order valence-electron chi connectivity index (χ3n) is 4.36. The van der Waals surface area contributed by atoms with E-state index in [1.165, 1.54) is 19.4 Å². The minimum atomic E-state index is 0.397. The summed E-state index contributed by atoms with van der Waals surface area (Å²) in [6.07, 6.45) is 2.85. The van der Waals surface area contributed by atoms with Gasteiger partial charge < -0.3 is 15.0 Å². The van der Waals surface area contributed by atoms with Crippen LogP contribution in [0, 0.1) is 0 Å². The lowest BCUT2D eigenvalue weighted by Gasteiger charge is -2.42. The lowest BCUT2D eigenvalue weighted by molar-refractivity contribution is -0.0468. The van der Waals surface area contributed by atoms with E-state index in [9.17, 15) is 0 Å². The average Bonchev–Trinajstić information content (AvgIpc) is 2.38. The van der Waals surface area contributed by atoms with Gasteiger partial charge in [0.2, 0.25) is 0 Å². The molecular formula is C14H29N3O. The fourth-order valence-corrected chi connectivity index (χ4v) is 3.07. The van der Waals surface area contributed by atoms with Crippen molar-refractivity contribution in [3.8, 4) is 0 Å². The molecule has 0 spiro atoms. The van der Waals surface area contributed by atoms with E-state index in [1.807, 2.05) is 0 Å². The first-order chi connectivity index (χ1) is 8.72. The number of morpholine rings is 1. The van der Waals surface area contributed by atoms with E-state index in [0.29, 0.717) is 18.2 Å². The molecular weight excluding hydrogens is 226 g/mol. The second-order valence-electron chi connectivity index (χ2n) is 5.78. The number of hydrogen-bond acceptors (Lipinski definition) is 4. The van der Waals surface area contributed by atoms with E-state index in [1.54, 1.807) is 0 Å². The Labute approximate surface area is 112 Å². The first kappa shape index (κ1) is 14.3. The van der Waals surface area contributed by atoms with Crippen LogP contribution >= 0.6 is 0 Å². The molecule has 4 nitrogen and oxygen atoms in total. The fourth-order valence-electron chi connectivity index (χ4n) is 3.07. The van der Waals surface area contributed by atoms with Crippen LogP contribution in [0.5, 0.6) is 0 Å². The maximum atomic E-state index is 5.91. The van der Waals surface area contributed by atoms with E-state index in [0.717, 1.165) is 32.8 Å². The SMILES string of the molecule is CCC1CN(CC2CN(C)CCO2)C(CC)CN1. The van der Waals surface area contributed by atoms with Crippen molar-refractivity contribution in [3.05, 3.63) is 0 Å². The number of rotatable bonds is 4. The van der Waals surface area contributed by atoms with Crippen LogP contribution in [0.25, 0.3) is 0 Å². The number of piperazine rings is 1. The molecule has 2 heterocycles. The molecule has 0 saturated carbocycles. The molecule has 3 unspecified atom stereocenters. The molecule has 0 aromatic rings. The van der Waals surface area contributed by atoms with Crippen molar-refractivity contribution in [2.45, 2.75) is 44.9 Å². The molecule has 18 heavy (non-hydrogen) atoms. The lowest BCUT2D eigenvalue weighted by Crippen LogP contribution is -2.59. The van der Waals surface area contributed by atoms with Crippen LogP contribution in [0.2, 0.25) is 0 Å². The van der Waals surface area contributed by atoms with E-state index in [2.05, 4.69) is 36.0 Å². The number of likely N-dealkylation sites (N-methyl/N-ethyl adjacent to an activating group) is 1. The Kier molecular flexibility index (Phi) is 5.42. The van der Waals surface area contributed by atoms with E-state index in [-0.39, 0.29) is 0 Å². The summed E-state index contributed by atoms with van der Waals surface area (Å²) < 4.78 is 5.91. The highest BCUT2D eigenvalue weighted by molar-refractivity contribution is 4.87. The van der Waals surface area contributed by atoms with E-state index >= 15 is 0 Å². The second-order valence-corrected chi connectivity index (χ2v) is 5.78. The Bertz CT molecular complexity index is 249. The quantitative estimate of drug-likeness (QED) is 0.803. The predicted octanol–water partition coefficient (Wildman–Crippen LogP) is 0.779. The van der Waals surface area contributed by atoms with Crippen molar-refractivity contribution in [3.63, 3.8) is 0 Å². The number of ether oxygens (including phenoxy) is 1. The summed E-state index contributed by atoms with van der Waals surface area (Å²) in [5, 5.41) is 3.65. The monoisotopic (exact) mass is 255 g/mol. The van der Waals surface area contributed by atoms with Crippen LogP contribution in [0.4, 0.5) is 0 Å². The Balaban J connectivity index is 1.87. The zero-order valence-corrected chi connectivity index (χ0v) is 12.2. The normalized spacial score (nSPS) is 35.8. The predicted molar refractivity (Wildman–Crippen MR) is 75.0 cm³/mol. The van der Waals surface area contributed by atoms with Gasteiger partial charge >= 0.3 is 0 Å². The molecule has 0 bridgehead atoms. The largest absolute Gasteiger partial charge is 0.374 e. The van der Waals surface area contributed by atoms with Crippen LogP contribution < -0.4 is 5.32 Å². The molecule has 1 N–H and O–H groups in total. The van der Waals surface area contributed by atoms with E-state index in [4.69, 9.17) is 4.74 Å². The highest BCUT2D eigenvalue weighted by atomic mass is 16.5. The minimum absolute atomic E-state index is 0.397. The van der Waals surface area contributed by atoms with Gasteiger partial charge in [-0.3, -0.25) is 4.90 Å². The Hall–Kier alpha value is -0.160. The first-order valence-corrected chi connectivity index (χ1v) is 7.50. The summed E-state index contributed by atoms with van der Waals surface area (Å²) in [6.45, 7) is 11.0. The molecule has 0 aromatic heterocycles. The summed E-state index contributed by atoms with van der Waals surface area (Å²) in [7, 11) is 2.19. The van der Waals surface area contributed by atoms with Crippen LogP contribution in [0.3, 0.4) is 0 Å². The molecule has 0 aromatic carbocycles. The topological polar surface area (TPSA) is 27.7 Å². The highest BCUT2D eigenvalue weighted by Crippen LogP contribution is 2.15. The van der Waals surface area contributed by atoms with Crippen LogP contribution in [0.15, 0.2) is 0 Å². The molecule has 2 aliphatic rings. The number of nitrogens with one attached hydrogen (secondary N) is 1. The maximum absolute atomic E-state index is 5.91. The summed E-state index contributed by atoms with van der Waals surface area (Å²) in [5.74, 6) is 0. The van der Waals surface area contributed by atoms with Crippen LogP contribution in [-0.2, 0) is 4.74 Å². The molecule has 0 amide bonds. The molecule has 2 rings (SSSR count). The van der Waals surface area contributed by atoms with Gasteiger partial charge in [0.05, 0.1) is 12.7 Å². The third-order valence-corrected chi connectivity index (χ3v) is 4.36.